The van der Waals surface area contributed by atoms with Crippen molar-refractivity contribution in [2.75, 3.05) is 41.0 Å². The Bertz CT molecular complexity index is 230. The van der Waals surface area contributed by atoms with Crippen LogP contribution < -0.4 is 0 Å². The second-order valence-electron chi connectivity index (χ2n) is 5.59. The van der Waals surface area contributed by atoms with Crippen LogP contribution in [0.4, 0.5) is 0 Å². The van der Waals surface area contributed by atoms with Crippen LogP contribution in [0.2, 0.25) is 6.04 Å². The molecule has 1 rings (SSSR count). The molecule has 1 aliphatic rings. The molecular formula is C13H30NO3Si+. The average molecular weight is 276 g/mol. The fourth-order valence-electron chi connectivity index (χ4n) is 3.06. The minimum Gasteiger partial charge on any atom is -0.377 e. The van der Waals surface area contributed by atoms with Gasteiger partial charge >= 0.3 is 8.80 Å². The van der Waals surface area contributed by atoms with E-state index in [0.717, 1.165) is 12.6 Å². The Morgan fingerprint density at radius 1 is 0.944 bits per heavy atom. The summed E-state index contributed by atoms with van der Waals surface area (Å²) in [5, 5.41) is 0. The van der Waals surface area contributed by atoms with Crippen molar-refractivity contribution >= 4 is 8.80 Å². The van der Waals surface area contributed by atoms with Gasteiger partial charge in [-0.15, -0.1) is 0 Å². The molecule has 1 fully saturated rings. The van der Waals surface area contributed by atoms with Crippen molar-refractivity contribution in [2.24, 2.45) is 0 Å². The minimum atomic E-state index is -2.41. The Morgan fingerprint density at radius 3 is 1.83 bits per heavy atom. The Morgan fingerprint density at radius 2 is 1.44 bits per heavy atom. The zero-order valence-electron chi connectivity index (χ0n) is 12.7. The van der Waals surface area contributed by atoms with Crippen molar-refractivity contribution in [3.8, 4) is 0 Å². The van der Waals surface area contributed by atoms with E-state index < -0.39 is 8.80 Å². The van der Waals surface area contributed by atoms with Gasteiger partial charge in [-0.25, -0.2) is 0 Å². The van der Waals surface area contributed by atoms with Crippen LogP contribution in [0.5, 0.6) is 0 Å². The highest BCUT2D eigenvalue weighted by molar-refractivity contribution is 6.60. The number of rotatable bonds is 7. The first kappa shape index (κ1) is 16.1. The molecule has 1 aliphatic heterocycles. The van der Waals surface area contributed by atoms with Crippen LogP contribution in [0.25, 0.3) is 0 Å². The highest BCUT2D eigenvalue weighted by atomic mass is 28.4. The fourth-order valence-corrected chi connectivity index (χ4v) is 4.89. The molecule has 0 aromatic heterocycles. The molecule has 0 aromatic carbocycles. The topological polar surface area (TPSA) is 27.7 Å². The van der Waals surface area contributed by atoms with Crippen LogP contribution in [-0.2, 0) is 13.3 Å². The van der Waals surface area contributed by atoms with E-state index in [9.17, 15) is 0 Å². The van der Waals surface area contributed by atoms with Crippen molar-refractivity contribution in [3.63, 3.8) is 0 Å². The lowest BCUT2D eigenvalue weighted by Crippen LogP contribution is -2.59. The van der Waals surface area contributed by atoms with Crippen molar-refractivity contribution in [1.29, 1.82) is 0 Å². The van der Waals surface area contributed by atoms with E-state index in [0.29, 0.717) is 6.04 Å². The van der Waals surface area contributed by atoms with Crippen molar-refractivity contribution in [2.45, 2.75) is 45.2 Å². The van der Waals surface area contributed by atoms with Crippen molar-refractivity contribution < 1.29 is 17.8 Å². The zero-order chi connectivity index (χ0) is 13.6. The number of quaternary nitrogens is 1. The van der Waals surface area contributed by atoms with Crippen LogP contribution in [0.15, 0.2) is 0 Å². The molecule has 0 spiro atoms. The summed E-state index contributed by atoms with van der Waals surface area (Å²) in [4.78, 5) is 0. The summed E-state index contributed by atoms with van der Waals surface area (Å²) in [6.07, 6.45) is 4.08. The minimum absolute atomic E-state index is 0.669. The highest BCUT2D eigenvalue weighted by Crippen LogP contribution is 2.26. The zero-order valence-corrected chi connectivity index (χ0v) is 13.7. The normalized spacial score (nSPS) is 20.3. The Hall–Kier alpha value is 0.0569. The lowest BCUT2D eigenvalue weighted by atomic mass is 10.0. The average Bonchev–Trinajstić information content (AvgIpc) is 2.42. The lowest BCUT2D eigenvalue weighted by molar-refractivity contribution is -0.950. The molecule has 1 saturated heterocycles. The van der Waals surface area contributed by atoms with Crippen LogP contribution in [-0.4, -0.2) is 60.3 Å². The summed E-state index contributed by atoms with van der Waals surface area (Å²) in [6, 6.07) is 1.58. The summed E-state index contributed by atoms with van der Waals surface area (Å²) in [7, 11) is 2.70. The molecule has 0 unspecified atom stereocenters. The molecule has 0 N–H and O–H groups in total. The molecule has 5 heteroatoms. The van der Waals surface area contributed by atoms with Gasteiger partial charge in [0, 0.05) is 21.3 Å². The molecule has 4 nitrogen and oxygen atoms in total. The summed E-state index contributed by atoms with van der Waals surface area (Å²) in [6.45, 7) is 8.36. The van der Waals surface area contributed by atoms with Crippen molar-refractivity contribution in [1.82, 2.24) is 0 Å². The van der Waals surface area contributed by atoms with E-state index >= 15 is 0 Å². The third kappa shape index (κ3) is 3.54. The van der Waals surface area contributed by atoms with Gasteiger partial charge in [-0.2, -0.15) is 0 Å². The molecule has 108 valence electrons. The van der Waals surface area contributed by atoms with Gasteiger partial charge in [-0.05, 0) is 33.1 Å². The summed E-state index contributed by atoms with van der Waals surface area (Å²) >= 11 is 0. The number of hydrogen-bond acceptors (Lipinski definition) is 3. The third-order valence-electron chi connectivity index (χ3n) is 4.60. The maximum Gasteiger partial charge on any atom is 0.505 e. The molecule has 0 aliphatic carbocycles. The second kappa shape index (κ2) is 7.00. The van der Waals surface area contributed by atoms with Crippen LogP contribution in [0, 0.1) is 0 Å². The number of nitrogens with zero attached hydrogens (tertiary/aromatic N) is 1. The summed E-state index contributed by atoms with van der Waals surface area (Å²) < 4.78 is 17.8. The number of piperidine rings is 1. The predicted molar refractivity (Wildman–Crippen MR) is 75.4 cm³/mol. The molecule has 0 bridgehead atoms. The Balaban J connectivity index is 2.67. The van der Waals surface area contributed by atoms with Crippen LogP contribution in [0.1, 0.15) is 33.1 Å². The molecule has 0 aromatic rings. The first-order valence-electron chi connectivity index (χ1n) is 7.05. The van der Waals surface area contributed by atoms with E-state index in [-0.39, 0.29) is 0 Å². The molecule has 0 radical (unpaired) electrons. The first-order chi connectivity index (χ1) is 8.54. The number of likely N-dealkylation sites (tertiary alicyclic amines) is 1. The van der Waals surface area contributed by atoms with Gasteiger partial charge < -0.3 is 17.8 Å². The van der Waals surface area contributed by atoms with Gasteiger partial charge in [0.25, 0.3) is 0 Å². The Labute approximate surface area is 113 Å². The fraction of sp³-hybridized carbons (Fsp3) is 1.00. The number of hydrogen-bond donors (Lipinski definition) is 0. The molecular weight excluding hydrogens is 246 g/mol. The highest BCUT2D eigenvalue weighted by Gasteiger charge is 2.43. The van der Waals surface area contributed by atoms with Gasteiger partial charge in [-0.3, -0.25) is 0 Å². The monoisotopic (exact) mass is 276 g/mol. The van der Waals surface area contributed by atoms with E-state index in [4.69, 9.17) is 13.3 Å². The van der Waals surface area contributed by atoms with E-state index in [2.05, 4.69) is 13.8 Å². The van der Waals surface area contributed by atoms with Crippen LogP contribution in [0.3, 0.4) is 0 Å². The molecule has 0 atom stereocenters. The van der Waals surface area contributed by atoms with Gasteiger partial charge in [0.15, 0.2) is 0 Å². The van der Waals surface area contributed by atoms with Gasteiger partial charge in [0.1, 0.15) is 0 Å². The maximum absolute atomic E-state index is 5.54. The van der Waals surface area contributed by atoms with E-state index in [1.54, 1.807) is 21.3 Å². The molecule has 1 heterocycles. The Kier molecular flexibility index (Phi) is 6.27. The SMILES string of the molecule is CO[Si](CC[N+]1(C(C)C)CCCCC1)(OC)OC. The maximum atomic E-state index is 5.54. The lowest BCUT2D eigenvalue weighted by Gasteiger charge is -2.46. The smallest absolute Gasteiger partial charge is 0.377 e. The van der Waals surface area contributed by atoms with Gasteiger partial charge in [-0.1, -0.05) is 0 Å². The van der Waals surface area contributed by atoms with E-state index in [1.807, 2.05) is 0 Å². The van der Waals surface area contributed by atoms with Gasteiger partial charge in [0.2, 0.25) is 0 Å². The predicted octanol–water partition coefficient (Wildman–Crippen LogP) is 2.27. The largest absolute Gasteiger partial charge is 0.505 e. The van der Waals surface area contributed by atoms with Crippen LogP contribution >= 0.6 is 0 Å². The molecule has 18 heavy (non-hydrogen) atoms. The second-order valence-corrected chi connectivity index (χ2v) is 8.68. The van der Waals surface area contributed by atoms with E-state index in [1.165, 1.54) is 36.8 Å². The summed E-state index contributed by atoms with van der Waals surface area (Å²) in [5.41, 5.74) is 0. The van der Waals surface area contributed by atoms with Crippen molar-refractivity contribution in [3.05, 3.63) is 0 Å². The molecule has 0 amide bonds. The summed E-state index contributed by atoms with van der Waals surface area (Å²) in [5.74, 6) is 0. The third-order valence-corrected chi connectivity index (χ3v) is 7.30. The van der Waals surface area contributed by atoms with Gasteiger partial charge in [0.05, 0.1) is 31.7 Å². The first-order valence-corrected chi connectivity index (χ1v) is 8.98. The quantitative estimate of drug-likeness (QED) is 0.527. The standard InChI is InChI=1S/C13H30NO3Si/c1-13(2)14(9-7-6-8-10-14)11-12-18(15-3,16-4)17-5/h13H,6-12H2,1-5H3/q+1. The molecule has 0 saturated carbocycles.